The summed E-state index contributed by atoms with van der Waals surface area (Å²) in [7, 11) is 0. The second-order valence-corrected chi connectivity index (χ2v) is 6.34. The maximum atomic E-state index is 5.62. The second kappa shape index (κ2) is 5.48. The standard InChI is InChI=1S/C15H30N2O/c1-5-14(4)11-16-15(6-2,7-3)12-17(14)13-8-9-18-10-13/h13,16H,5-12H2,1-4H3. The first-order valence-electron chi connectivity index (χ1n) is 7.68. The van der Waals surface area contributed by atoms with E-state index in [1.54, 1.807) is 0 Å². The van der Waals surface area contributed by atoms with Gasteiger partial charge in [-0.05, 0) is 32.6 Å². The summed E-state index contributed by atoms with van der Waals surface area (Å²) in [6, 6.07) is 0.634. The molecule has 1 N–H and O–H groups in total. The number of nitrogens with one attached hydrogen (secondary N) is 1. The molecule has 2 unspecified atom stereocenters. The van der Waals surface area contributed by atoms with Crippen LogP contribution in [0.15, 0.2) is 0 Å². The van der Waals surface area contributed by atoms with Crippen LogP contribution in [-0.2, 0) is 4.74 Å². The summed E-state index contributed by atoms with van der Waals surface area (Å²) in [5.41, 5.74) is 0.615. The fraction of sp³-hybridized carbons (Fsp3) is 1.00. The Bertz CT molecular complexity index is 272. The zero-order valence-electron chi connectivity index (χ0n) is 12.6. The highest BCUT2D eigenvalue weighted by molar-refractivity contribution is 5.04. The first-order chi connectivity index (χ1) is 8.59. The molecule has 0 radical (unpaired) electrons. The number of piperazine rings is 1. The van der Waals surface area contributed by atoms with E-state index in [1.165, 1.54) is 32.2 Å². The second-order valence-electron chi connectivity index (χ2n) is 6.34. The van der Waals surface area contributed by atoms with Crippen molar-refractivity contribution in [2.24, 2.45) is 0 Å². The molecule has 106 valence electrons. The summed E-state index contributed by atoms with van der Waals surface area (Å²) in [6.07, 6.45) is 4.85. The molecule has 18 heavy (non-hydrogen) atoms. The topological polar surface area (TPSA) is 24.5 Å². The molecule has 0 aromatic heterocycles. The third-order valence-corrected chi connectivity index (χ3v) is 5.47. The van der Waals surface area contributed by atoms with E-state index in [9.17, 15) is 0 Å². The minimum Gasteiger partial charge on any atom is -0.380 e. The smallest absolute Gasteiger partial charge is 0.0622 e. The van der Waals surface area contributed by atoms with E-state index in [0.29, 0.717) is 17.1 Å². The van der Waals surface area contributed by atoms with Gasteiger partial charge in [-0.1, -0.05) is 20.8 Å². The van der Waals surface area contributed by atoms with Gasteiger partial charge >= 0.3 is 0 Å². The Morgan fingerprint density at radius 3 is 2.44 bits per heavy atom. The lowest BCUT2D eigenvalue weighted by atomic mass is 9.82. The number of hydrogen-bond donors (Lipinski definition) is 1. The third-order valence-electron chi connectivity index (χ3n) is 5.47. The summed E-state index contributed by atoms with van der Waals surface area (Å²) in [5, 5.41) is 3.84. The molecule has 0 bridgehead atoms. The highest BCUT2D eigenvalue weighted by Gasteiger charge is 2.45. The lowest BCUT2D eigenvalue weighted by Crippen LogP contribution is -2.70. The van der Waals surface area contributed by atoms with E-state index in [0.717, 1.165) is 19.8 Å². The average Bonchev–Trinajstić information content (AvgIpc) is 2.93. The Hall–Kier alpha value is -0.120. The van der Waals surface area contributed by atoms with Gasteiger partial charge in [0.1, 0.15) is 0 Å². The number of nitrogens with zero attached hydrogens (tertiary/aromatic N) is 1. The minimum absolute atomic E-state index is 0.298. The summed E-state index contributed by atoms with van der Waals surface area (Å²) in [6.45, 7) is 13.5. The monoisotopic (exact) mass is 254 g/mol. The zero-order valence-corrected chi connectivity index (χ0v) is 12.6. The minimum atomic E-state index is 0.298. The SMILES string of the molecule is CCC1(CC)CN(C2CCOC2)C(C)(CC)CN1. The molecule has 2 rings (SSSR count). The van der Waals surface area contributed by atoms with Crippen LogP contribution in [0.2, 0.25) is 0 Å². The van der Waals surface area contributed by atoms with Crippen molar-refractivity contribution in [2.45, 2.75) is 70.5 Å². The largest absolute Gasteiger partial charge is 0.380 e. The lowest BCUT2D eigenvalue weighted by molar-refractivity contribution is -0.0249. The molecule has 0 amide bonds. The van der Waals surface area contributed by atoms with Gasteiger partial charge in [0.2, 0.25) is 0 Å². The summed E-state index contributed by atoms with van der Waals surface area (Å²) >= 11 is 0. The van der Waals surface area contributed by atoms with Gasteiger partial charge in [-0.3, -0.25) is 4.90 Å². The highest BCUT2D eigenvalue weighted by Crippen LogP contribution is 2.33. The van der Waals surface area contributed by atoms with Crippen molar-refractivity contribution in [1.29, 1.82) is 0 Å². The fourth-order valence-electron chi connectivity index (χ4n) is 3.44. The first-order valence-corrected chi connectivity index (χ1v) is 7.68. The molecule has 2 saturated heterocycles. The van der Waals surface area contributed by atoms with Gasteiger partial charge < -0.3 is 10.1 Å². The molecular weight excluding hydrogens is 224 g/mol. The molecule has 3 nitrogen and oxygen atoms in total. The molecule has 0 aromatic carbocycles. The molecule has 0 saturated carbocycles. The Balaban J connectivity index is 2.17. The summed E-state index contributed by atoms with van der Waals surface area (Å²) in [5.74, 6) is 0. The van der Waals surface area contributed by atoms with E-state index in [1.807, 2.05) is 0 Å². The average molecular weight is 254 g/mol. The molecule has 2 atom stereocenters. The predicted molar refractivity (Wildman–Crippen MR) is 75.9 cm³/mol. The van der Waals surface area contributed by atoms with Gasteiger partial charge in [-0.2, -0.15) is 0 Å². The molecule has 2 aliphatic rings. The Kier molecular flexibility index (Phi) is 4.35. The van der Waals surface area contributed by atoms with Gasteiger partial charge in [0.05, 0.1) is 6.61 Å². The maximum Gasteiger partial charge on any atom is 0.0622 e. The number of hydrogen-bond acceptors (Lipinski definition) is 3. The lowest BCUT2D eigenvalue weighted by Gasteiger charge is -2.55. The molecule has 2 aliphatic heterocycles. The van der Waals surface area contributed by atoms with Crippen LogP contribution in [0.5, 0.6) is 0 Å². The van der Waals surface area contributed by atoms with Crippen molar-refractivity contribution < 1.29 is 4.74 Å². The quantitative estimate of drug-likeness (QED) is 0.834. The van der Waals surface area contributed by atoms with Gasteiger partial charge in [0.25, 0.3) is 0 Å². The van der Waals surface area contributed by atoms with Crippen molar-refractivity contribution in [1.82, 2.24) is 10.2 Å². The predicted octanol–water partition coefficient (Wildman–Crippen LogP) is 2.41. The van der Waals surface area contributed by atoms with Crippen LogP contribution in [0.3, 0.4) is 0 Å². The van der Waals surface area contributed by atoms with Crippen molar-refractivity contribution in [2.75, 3.05) is 26.3 Å². The van der Waals surface area contributed by atoms with Gasteiger partial charge in [-0.15, -0.1) is 0 Å². The van der Waals surface area contributed by atoms with Crippen molar-refractivity contribution >= 4 is 0 Å². The van der Waals surface area contributed by atoms with Crippen LogP contribution < -0.4 is 5.32 Å². The van der Waals surface area contributed by atoms with Crippen LogP contribution in [-0.4, -0.2) is 48.3 Å². The third kappa shape index (κ3) is 2.45. The molecule has 2 heterocycles. The molecule has 0 aliphatic carbocycles. The van der Waals surface area contributed by atoms with Crippen molar-refractivity contribution in [3.05, 3.63) is 0 Å². The van der Waals surface area contributed by atoms with E-state index < -0.39 is 0 Å². The van der Waals surface area contributed by atoms with Crippen LogP contribution >= 0.6 is 0 Å². The molecule has 3 heteroatoms. The Morgan fingerprint density at radius 2 is 1.94 bits per heavy atom. The maximum absolute atomic E-state index is 5.62. The van der Waals surface area contributed by atoms with Crippen molar-refractivity contribution in [3.8, 4) is 0 Å². The molecule has 2 fully saturated rings. The first kappa shape index (κ1) is 14.3. The summed E-state index contributed by atoms with van der Waals surface area (Å²) < 4.78 is 5.62. The van der Waals surface area contributed by atoms with Crippen LogP contribution in [0, 0.1) is 0 Å². The van der Waals surface area contributed by atoms with Crippen LogP contribution in [0.1, 0.15) is 53.4 Å². The molecule has 0 spiro atoms. The normalized spacial score (nSPS) is 37.0. The van der Waals surface area contributed by atoms with E-state index in [-0.39, 0.29) is 0 Å². The van der Waals surface area contributed by atoms with Crippen LogP contribution in [0.4, 0.5) is 0 Å². The number of rotatable bonds is 4. The Morgan fingerprint density at radius 1 is 1.22 bits per heavy atom. The fourth-order valence-corrected chi connectivity index (χ4v) is 3.44. The van der Waals surface area contributed by atoms with Gasteiger partial charge in [0.15, 0.2) is 0 Å². The van der Waals surface area contributed by atoms with E-state index in [2.05, 4.69) is 37.9 Å². The van der Waals surface area contributed by atoms with E-state index in [4.69, 9.17) is 4.74 Å². The molecular formula is C15H30N2O. The number of ether oxygens (including phenoxy) is 1. The summed E-state index contributed by atoms with van der Waals surface area (Å²) in [4.78, 5) is 2.75. The highest BCUT2D eigenvalue weighted by atomic mass is 16.5. The van der Waals surface area contributed by atoms with Crippen LogP contribution in [0.25, 0.3) is 0 Å². The Labute approximate surface area is 112 Å². The zero-order chi connectivity index (χ0) is 13.2. The van der Waals surface area contributed by atoms with Gasteiger partial charge in [0, 0.05) is 36.8 Å². The molecule has 0 aromatic rings. The van der Waals surface area contributed by atoms with Crippen molar-refractivity contribution in [3.63, 3.8) is 0 Å². The van der Waals surface area contributed by atoms with E-state index >= 15 is 0 Å². The van der Waals surface area contributed by atoms with Gasteiger partial charge in [-0.25, -0.2) is 0 Å².